The van der Waals surface area contributed by atoms with Crippen LogP contribution in [-0.2, 0) is 14.1 Å². The first-order chi connectivity index (χ1) is 18.5. The Labute approximate surface area is 215 Å². The van der Waals surface area contributed by atoms with Crippen molar-refractivity contribution in [3.8, 4) is 22.5 Å². The van der Waals surface area contributed by atoms with Gasteiger partial charge in [-0.25, -0.2) is 0 Å². The van der Waals surface area contributed by atoms with E-state index in [-0.39, 0.29) is 0 Å². The lowest BCUT2D eigenvalue weighted by atomic mass is 9.95. The van der Waals surface area contributed by atoms with Gasteiger partial charge in [0.05, 0.1) is 0 Å². The highest BCUT2D eigenvalue weighted by atomic mass is 15.0. The topological polar surface area (TPSA) is 7.76 Å². The van der Waals surface area contributed by atoms with Gasteiger partial charge < -0.3 is 0 Å². The Morgan fingerprint density at radius 1 is 0.529 bits per heavy atom. The number of hydrogen-bond donors (Lipinski definition) is 0. The number of nitrogens with zero attached hydrogens (tertiary/aromatic N) is 2. The second kappa shape index (κ2) is 10.3. The molecule has 0 fully saturated rings. The van der Waals surface area contributed by atoms with Crippen molar-refractivity contribution in [1.29, 1.82) is 0 Å². The molecule has 0 aliphatic heterocycles. The van der Waals surface area contributed by atoms with Gasteiger partial charge in [0.1, 0.15) is 14.1 Å². The standard InChI is InChI=1S/C17H22N.C15H18N/c1-11-9-7-8-10-16(11)17-14(4)12(2)13(3)15(5)18(17)6;1-11-9-10-15(16(4)13(11)3)14-8-6-5-7-12(14)2/h7-10H,1-6H3;5-10H,1-4H3/q2*+1/i3D3;1D3. The Morgan fingerprint density at radius 2 is 1.12 bits per heavy atom. The van der Waals surface area contributed by atoms with Gasteiger partial charge in [-0.2, -0.15) is 9.13 Å². The van der Waals surface area contributed by atoms with Gasteiger partial charge in [-0.15, -0.1) is 0 Å². The van der Waals surface area contributed by atoms with Crippen molar-refractivity contribution in [2.75, 3.05) is 0 Å². The number of hydrogen-bond acceptors (Lipinski definition) is 0. The van der Waals surface area contributed by atoms with E-state index in [0.717, 1.165) is 45.0 Å². The molecular formula is C32H40N2+2. The SMILES string of the molecule is [2H]C([2H])([2H])c1c(C)c(C)c(-c2ccccc2C)[n+](C)c1C.[2H]C([2H])([2H])c1ccc(-c2ccccc2C)[n+](C)c1C. The molecule has 0 unspecified atom stereocenters. The van der Waals surface area contributed by atoms with E-state index in [2.05, 4.69) is 38.1 Å². The fraction of sp³-hybridized carbons (Fsp3) is 0.312. The highest BCUT2D eigenvalue weighted by Gasteiger charge is 2.22. The summed E-state index contributed by atoms with van der Waals surface area (Å²) in [6, 6.07) is 19.9. The van der Waals surface area contributed by atoms with Crippen LogP contribution in [0.25, 0.3) is 22.5 Å². The van der Waals surface area contributed by atoms with E-state index in [9.17, 15) is 0 Å². The van der Waals surface area contributed by atoms with Crippen LogP contribution in [0.5, 0.6) is 0 Å². The first-order valence-corrected chi connectivity index (χ1v) is 11.6. The summed E-state index contributed by atoms with van der Waals surface area (Å²) in [7, 11) is 3.85. The third-order valence-electron chi connectivity index (χ3n) is 6.98. The molecule has 4 rings (SSSR count). The fourth-order valence-corrected chi connectivity index (χ4v) is 4.33. The van der Waals surface area contributed by atoms with Crippen LogP contribution < -0.4 is 9.13 Å². The molecule has 0 saturated carbocycles. The average Bonchev–Trinajstić information content (AvgIpc) is 2.85. The predicted molar refractivity (Wildman–Crippen MR) is 144 cm³/mol. The number of rotatable bonds is 2. The lowest BCUT2D eigenvalue weighted by Crippen LogP contribution is -2.37. The van der Waals surface area contributed by atoms with Gasteiger partial charge in [0.15, 0.2) is 11.4 Å². The van der Waals surface area contributed by atoms with Crippen molar-refractivity contribution >= 4 is 0 Å². The molecule has 0 aliphatic rings. The zero-order valence-corrected chi connectivity index (χ0v) is 21.7. The van der Waals surface area contributed by atoms with Crippen LogP contribution in [0, 0.1) is 55.2 Å². The molecular weight excluding hydrogens is 412 g/mol. The molecule has 2 nitrogen and oxygen atoms in total. The summed E-state index contributed by atoms with van der Waals surface area (Å²) >= 11 is 0. The van der Waals surface area contributed by atoms with Crippen molar-refractivity contribution in [1.82, 2.24) is 0 Å². The Morgan fingerprint density at radius 3 is 1.68 bits per heavy atom. The van der Waals surface area contributed by atoms with Gasteiger partial charge in [-0.05, 0) is 76.3 Å². The minimum absolute atomic E-state index is 0.410. The van der Waals surface area contributed by atoms with E-state index in [0.29, 0.717) is 11.1 Å². The summed E-state index contributed by atoms with van der Waals surface area (Å²) < 4.78 is 50.0. The molecule has 2 aromatic carbocycles. The smallest absolute Gasteiger partial charge is 0.198 e. The highest BCUT2D eigenvalue weighted by Crippen LogP contribution is 2.27. The van der Waals surface area contributed by atoms with E-state index >= 15 is 0 Å². The van der Waals surface area contributed by atoms with Crippen LogP contribution in [0.15, 0.2) is 60.7 Å². The van der Waals surface area contributed by atoms with Gasteiger partial charge in [-0.3, -0.25) is 0 Å². The average molecular weight is 459 g/mol. The summed E-state index contributed by atoms with van der Waals surface area (Å²) in [6.45, 7) is 7.64. The molecule has 2 aromatic heterocycles. The molecule has 0 saturated heterocycles. The zero-order valence-electron chi connectivity index (χ0n) is 27.7. The van der Waals surface area contributed by atoms with Gasteiger partial charge in [-0.1, -0.05) is 36.4 Å². The third-order valence-corrected chi connectivity index (χ3v) is 6.98. The molecule has 34 heavy (non-hydrogen) atoms. The molecule has 0 N–H and O–H groups in total. The minimum Gasteiger partial charge on any atom is -0.198 e. The number of aromatic nitrogens is 2. The van der Waals surface area contributed by atoms with Crippen molar-refractivity contribution in [3.05, 3.63) is 105 Å². The van der Waals surface area contributed by atoms with Crippen molar-refractivity contribution in [2.45, 2.75) is 55.2 Å². The zero-order chi connectivity index (χ0) is 30.2. The summed E-state index contributed by atoms with van der Waals surface area (Å²) in [5.41, 5.74) is 11.1. The van der Waals surface area contributed by atoms with Crippen LogP contribution in [0.3, 0.4) is 0 Å². The highest BCUT2D eigenvalue weighted by molar-refractivity contribution is 5.65. The lowest BCUT2D eigenvalue weighted by Gasteiger charge is -2.13. The van der Waals surface area contributed by atoms with E-state index in [4.69, 9.17) is 8.22 Å². The molecule has 176 valence electrons. The molecule has 0 bridgehead atoms. The van der Waals surface area contributed by atoms with Gasteiger partial charge >= 0.3 is 0 Å². The van der Waals surface area contributed by atoms with Crippen LogP contribution in [0.4, 0.5) is 0 Å². The lowest BCUT2D eigenvalue weighted by molar-refractivity contribution is -0.667. The van der Waals surface area contributed by atoms with Crippen LogP contribution in [-0.4, -0.2) is 0 Å². The maximum atomic E-state index is 7.79. The molecule has 0 amide bonds. The van der Waals surface area contributed by atoms with Crippen molar-refractivity contribution < 1.29 is 17.4 Å². The van der Waals surface area contributed by atoms with Crippen LogP contribution in [0.2, 0.25) is 0 Å². The van der Waals surface area contributed by atoms with E-state index in [1.165, 1.54) is 11.1 Å². The molecule has 0 spiro atoms. The molecule has 0 radical (unpaired) electrons. The molecule has 0 atom stereocenters. The maximum absolute atomic E-state index is 7.79. The number of benzene rings is 2. The monoisotopic (exact) mass is 458 g/mol. The fourth-order valence-electron chi connectivity index (χ4n) is 4.33. The maximum Gasteiger partial charge on any atom is 0.215 e. The van der Waals surface area contributed by atoms with Gasteiger partial charge in [0.25, 0.3) is 0 Å². The summed E-state index contributed by atoms with van der Waals surface area (Å²) in [5, 5.41) is 0. The number of aryl methyl sites for hydroxylation is 3. The second-order valence-electron chi connectivity index (χ2n) is 9.02. The first kappa shape index (κ1) is 18.1. The largest absolute Gasteiger partial charge is 0.215 e. The Hall–Kier alpha value is -3.26. The number of pyridine rings is 2. The predicted octanol–water partition coefficient (Wildman–Crippen LogP) is 6.82. The van der Waals surface area contributed by atoms with E-state index < -0.39 is 13.7 Å². The third kappa shape index (κ3) is 4.82. The van der Waals surface area contributed by atoms with Gasteiger partial charge in [0, 0.05) is 56.0 Å². The first-order valence-electron chi connectivity index (χ1n) is 14.6. The molecule has 4 aromatic rings. The summed E-state index contributed by atoms with van der Waals surface area (Å²) in [4.78, 5) is 0. The van der Waals surface area contributed by atoms with Crippen molar-refractivity contribution in [3.63, 3.8) is 0 Å². The van der Waals surface area contributed by atoms with Crippen LogP contribution in [0.1, 0.15) is 53.0 Å². The Balaban J connectivity index is 0.000000222. The Bertz CT molecular complexity index is 1520. The molecule has 2 heterocycles. The minimum atomic E-state index is -2.08. The Kier molecular flexibility index (Phi) is 5.51. The van der Waals surface area contributed by atoms with Crippen molar-refractivity contribution in [2.24, 2.45) is 14.1 Å². The normalized spacial score (nSPS) is 14.0. The van der Waals surface area contributed by atoms with E-state index in [1.807, 2.05) is 81.3 Å². The van der Waals surface area contributed by atoms with E-state index in [1.54, 1.807) is 6.07 Å². The summed E-state index contributed by atoms with van der Waals surface area (Å²) in [6.07, 6.45) is 0. The second-order valence-corrected chi connectivity index (χ2v) is 9.02. The quantitative estimate of drug-likeness (QED) is 0.291. The van der Waals surface area contributed by atoms with Crippen LogP contribution >= 0.6 is 0 Å². The molecule has 2 heteroatoms. The molecule has 0 aliphatic carbocycles. The van der Waals surface area contributed by atoms with Gasteiger partial charge in [0.2, 0.25) is 11.4 Å². The summed E-state index contributed by atoms with van der Waals surface area (Å²) in [5.74, 6) is 0.